The van der Waals surface area contributed by atoms with E-state index in [-0.39, 0.29) is 12.0 Å². The number of ether oxygens (including phenoxy) is 1. The van der Waals surface area contributed by atoms with Gasteiger partial charge < -0.3 is 15.2 Å². The average molecular weight is 279 g/mol. The van der Waals surface area contributed by atoms with Gasteiger partial charge in [0.15, 0.2) is 0 Å². The van der Waals surface area contributed by atoms with Gasteiger partial charge in [0.25, 0.3) is 0 Å². The van der Waals surface area contributed by atoms with Crippen LogP contribution in [0.4, 0.5) is 4.79 Å². The maximum absolute atomic E-state index is 11.6. The molecule has 20 heavy (non-hydrogen) atoms. The Balaban J connectivity index is 2.47. The second-order valence-electron chi connectivity index (χ2n) is 5.88. The van der Waals surface area contributed by atoms with Gasteiger partial charge in [-0.1, -0.05) is 39.0 Å². The third-order valence-electron chi connectivity index (χ3n) is 2.65. The van der Waals surface area contributed by atoms with E-state index in [1.807, 2.05) is 26.8 Å². The van der Waals surface area contributed by atoms with Crippen LogP contribution in [0.25, 0.3) is 0 Å². The Labute approximate surface area is 118 Å². The number of amides is 1. The highest BCUT2D eigenvalue weighted by molar-refractivity contribution is 5.73. The van der Waals surface area contributed by atoms with Crippen LogP contribution in [0.5, 0.6) is 5.75 Å². The van der Waals surface area contributed by atoms with Crippen LogP contribution < -0.4 is 10.1 Å². The van der Waals surface area contributed by atoms with Crippen molar-refractivity contribution in [1.29, 1.82) is 0 Å². The molecule has 1 rings (SSSR count). The van der Waals surface area contributed by atoms with Crippen LogP contribution in [0, 0.1) is 11.3 Å². The summed E-state index contributed by atoms with van der Waals surface area (Å²) in [7, 11) is 0. The van der Waals surface area contributed by atoms with Crippen molar-refractivity contribution in [2.75, 3.05) is 6.54 Å². The summed E-state index contributed by atoms with van der Waals surface area (Å²) in [5, 5.41) is 11.6. The van der Waals surface area contributed by atoms with Crippen LogP contribution >= 0.6 is 0 Å². The van der Waals surface area contributed by atoms with Crippen LogP contribution in [0.2, 0.25) is 0 Å². The van der Waals surface area contributed by atoms with Gasteiger partial charge in [-0.3, -0.25) is 4.79 Å². The van der Waals surface area contributed by atoms with Crippen molar-refractivity contribution in [1.82, 2.24) is 5.32 Å². The molecule has 5 heteroatoms. The molecule has 1 aromatic carbocycles. The third-order valence-corrected chi connectivity index (χ3v) is 2.65. The predicted octanol–water partition coefficient (Wildman–Crippen LogP) is 2.91. The van der Waals surface area contributed by atoms with Crippen molar-refractivity contribution in [2.45, 2.75) is 27.2 Å². The molecule has 110 valence electrons. The van der Waals surface area contributed by atoms with Gasteiger partial charge >= 0.3 is 12.1 Å². The van der Waals surface area contributed by atoms with E-state index < -0.39 is 18.0 Å². The lowest BCUT2D eigenvalue weighted by atomic mass is 9.84. The number of hydrogen-bond acceptors (Lipinski definition) is 3. The zero-order valence-corrected chi connectivity index (χ0v) is 12.1. The van der Waals surface area contributed by atoms with E-state index in [9.17, 15) is 9.59 Å². The van der Waals surface area contributed by atoms with Crippen molar-refractivity contribution in [3.8, 4) is 5.75 Å². The summed E-state index contributed by atoms with van der Waals surface area (Å²) in [5.74, 6) is -1.12. The summed E-state index contributed by atoms with van der Waals surface area (Å²) in [4.78, 5) is 22.7. The first-order chi connectivity index (χ1) is 9.28. The Morgan fingerprint density at radius 2 is 1.85 bits per heavy atom. The SMILES string of the molecule is CC(C)(C)CC(CNC(=O)Oc1ccccc1)C(=O)O. The van der Waals surface area contributed by atoms with Crippen LogP contribution in [-0.4, -0.2) is 23.7 Å². The average Bonchev–Trinajstić information content (AvgIpc) is 2.34. The number of carboxylic acid groups (broad SMARTS) is 1. The molecular formula is C15H21NO4. The van der Waals surface area contributed by atoms with Crippen LogP contribution in [-0.2, 0) is 4.79 Å². The van der Waals surface area contributed by atoms with Crippen molar-refractivity contribution in [3.63, 3.8) is 0 Å². The highest BCUT2D eigenvalue weighted by atomic mass is 16.6. The molecule has 0 spiro atoms. The van der Waals surface area contributed by atoms with Crippen molar-refractivity contribution in [2.24, 2.45) is 11.3 Å². The number of aliphatic carboxylic acids is 1. The number of hydrogen-bond donors (Lipinski definition) is 2. The molecule has 0 bridgehead atoms. The number of carboxylic acids is 1. The largest absolute Gasteiger partial charge is 0.481 e. The molecule has 2 N–H and O–H groups in total. The van der Waals surface area contributed by atoms with E-state index >= 15 is 0 Å². The number of para-hydroxylation sites is 1. The van der Waals surface area contributed by atoms with Gasteiger partial charge in [0.1, 0.15) is 5.75 Å². The zero-order valence-electron chi connectivity index (χ0n) is 12.1. The summed E-state index contributed by atoms with van der Waals surface area (Å²) in [5.41, 5.74) is -0.117. The quantitative estimate of drug-likeness (QED) is 0.869. The van der Waals surface area contributed by atoms with Crippen molar-refractivity contribution >= 4 is 12.1 Å². The van der Waals surface area contributed by atoms with E-state index in [4.69, 9.17) is 9.84 Å². The summed E-state index contributed by atoms with van der Waals surface area (Å²) in [6.07, 6.45) is -0.162. The smallest absolute Gasteiger partial charge is 0.412 e. The summed E-state index contributed by atoms with van der Waals surface area (Å²) in [6.45, 7) is 5.94. The maximum atomic E-state index is 11.6. The second kappa shape index (κ2) is 6.93. The van der Waals surface area contributed by atoms with Crippen LogP contribution in [0.15, 0.2) is 30.3 Å². The summed E-state index contributed by atoms with van der Waals surface area (Å²) < 4.78 is 5.03. The normalized spacial score (nSPS) is 12.6. The highest BCUT2D eigenvalue weighted by Gasteiger charge is 2.25. The lowest BCUT2D eigenvalue weighted by Gasteiger charge is -2.23. The van der Waals surface area contributed by atoms with Crippen molar-refractivity contribution in [3.05, 3.63) is 30.3 Å². The number of rotatable bonds is 5. The topological polar surface area (TPSA) is 75.6 Å². The van der Waals surface area contributed by atoms with E-state index in [0.29, 0.717) is 12.2 Å². The molecule has 1 unspecified atom stereocenters. The number of carbonyl (C=O) groups excluding carboxylic acids is 1. The van der Waals surface area contributed by atoms with Gasteiger partial charge in [-0.15, -0.1) is 0 Å². The van der Waals surface area contributed by atoms with E-state index in [1.54, 1.807) is 24.3 Å². The molecule has 0 saturated heterocycles. The van der Waals surface area contributed by atoms with Gasteiger partial charge in [0.2, 0.25) is 0 Å². The predicted molar refractivity (Wildman–Crippen MR) is 75.7 cm³/mol. The molecular weight excluding hydrogens is 258 g/mol. The van der Waals surface area contributed by atoms with Crippen LogP contribution in [0.1, 0.15) is 27.2 Å². The van der Waals surface area contributed by atoms with Gasteiger partial charge in [-0.25, -0.2) is 4.79 Å². The fraction of sp³-hybridized carbons (Fsp3) is 0.467. The highest BCUT2D eigenvalue weighted by Crippen LogP contribution is 2.24. The van der Waals surface area contributed by atoms with Gasteiger partial charge in [0.05, 0.1) is 5.92 Å². The number of nitrogens with one attached hydrogen (secondary N) is 1. The minimum atomic E-state index is -0.917. The Morgan fingerprint density at radius 1 is 1.25 bits per heavy atom. The molecule has 1 atom stereocenters. The first-order valence-electron chi connectivity index (χ1n) is 6.51. The molecule has 0 saturated carbocycles. The standard InChI is InChI=1S/C15H21NO4/c1-15(2,3)9-11(13(17)18)10-16-14(19)20-12-7-5-4-6-8-12/h4-8,11H,9-10H2,1-3H3,(H,16,19)(H,17,18). The Hall–Kier alpha value is -2.04. The van der Waals surface area contributed by atoms with E-state index in [0.717, 1.165) is 0 Å². The molecule has 0 fully saturated rings. The van der Waals surface area contributed by atoms with Gasteiger partial charge in [-0.05, 0) is 24.0 Å². The zero-order chi connectivity index (χ0) is 15.2. The molecule has 0 aliphatic rings. The number of benzene rings is 1. The Kier molecular flexibility index (Phi) is 5.55. The lowest BCUT2D eigenvalue weighted by Crippen LogP contribution is -2.36. The second-order valence-corrected chi connectivity index (χ2v) is 5.88. The van der Waals surface area contributed by atoms with Gasteiger partial charge in [0, 0.05) is 6.54 Å². The molecule has 0 aliphatic heterocycles. The lowest BCUT2D eigenvalue weighted by molar-refractivity contribution is -0.142. The first kappa shape index (κ1) is 16.0. The van der Waals surface area contributed by atoms with Crippen molar-refractivity contribution < 1.29 is 19.4 Å². The summed E-state index contributed by atoms with van der Waals surface area (Å²) in [6, 6.07) is 8.63. The minimum Gasteiger partial charge on any atom is -0.481 e. The minimum absolute atomic E-state index is 0.0538. The maximum Gasteiger partial charge on any atom is 0.412 e. The van der Waals surface area contributed by atoms with E-state index in [2.05, 4.69) is 5.32 Å². The summed E-state index contributed by atoms with van der Waals surface area (Å²) >= 11 is 0. The molecule has 0 aromatic heterocycles. The molecule has 0 aliphatic carbocycles. The molecule has 0 heterocycles. The first-order valence-corrected chi connectivity index (χ1v) is 6.51. The third kappa shape index (κ3) is 6.22. The number of carbonyl (C=O) groups is 2. The molecule has 1 aromatic rings. The molecule has 5 nitrogen and oxygen atoms in total. The molecule has 0 radical (unpaired) electrons. The Morgan fingerprint density at radius 3 is 2.35 bits per heavy atom. The van der Waals surface area contributed by atoms with E-state index in [1.165, 1.54) is 0 Å². The monoisotopic (exact) mass is 279 g/mol. The fourth-order valence-electron chi connectivity index (χ4n) is 1.82. The molecule has 1 amide bonds. The van der Waals surface area contributed by atoms with Gasteiger partial charge in [-0.2, -0.15) is 0 Å². The Bertz CT molecular complexity index is 451. The fourth-order valence-corrected chi connectivity index (χ4v) is 1.82. The van der Waals surface area contributed by atoms with Crippen LogP contribution in [0.3, 0.4) is 0 Å².